The number of likely N-dealkylation sites (N-methyl/N-ethyl adjacent to an activating group) is 1. The van der Waals surface area contributed by atoms with Crippen LogP contribution in [-0.4, -0.2) is 30.6 Å². The predicted molar refractivity (Wildman–Crippen MR) is 89.8 cm³/mol. The van der Waals surface area contributed by atoms with E-state index in [9.17, 15) is 4.39 Å². The molecule has 3 atom stereocenters. The number of rotatable bonds is 4. The van der Waals surface area contributed by atoms with Gasteiger partial charge < -0.3 is 10.6 Å². The van der Waals surface area contributed by atoms with Gasteiger partial charge in [0.05, 0.1) is 0 Å². The first-order valence-corrected chi connectivity index (χ1v) is 8.51. The molecule has 1 aliphatic carbocycles. The van der Waals surface area contributed by atoms with Gasteiger partial charge in [-0.3, -0.25) is 0 Å². The van der Waals surface area contributed by atoms with E-state index in [1.807, 2.05) is 0 Å². The SMILES string of the molecule is CC1CCCC(C(N)Cc2cc(F)ccc2Br)(N(C)C)C1. The zero-order valence-corrected chi connectivity index (χ0v) is 14.8. The molecule has 118 valence electrons. The highest BCUT2D eigenvalue weighted by atomic mass is 79.9. The van der Waals surface area contributed by atoms with Crippen LogP contribution in [0.15, 0.2) is 22.7 Å². The standard InChI is InChI=1S/C17H26BrFN2/c1-12-5-4-8-17(11-12,21(2)3)16(20)10-13-9-14(19)6-7-15(13)18/h6-7,9,12,16H,4-5,8,10-11,20H2,1-3H3. The number of benzene rings is 1. The summed E-state index contributed by atoms with van der Waals surface area (Å²) in [7, 11) is 4.25. The minimum atomic E-state index is -0.198. The van der Waals surface area contributed by atoms with Crippen LogP contribution in [0.4, 0.5) is 4.39 Å². The highest BCUT2D eigenvalue weighted by Crippen LogP contribution is 2.38. The topological polar surface area (TPSA) is 29.3 Å². The highest BCUT2D eigenvalue weighted by Gasteiger charge is 2.42. The fraction of sp³-hybridized carbons (Fsp3) is 0.647. The molecule has 1 aromatic carbocycles. The van der Waals surface area contributed by atoms with Crippen molar-refractivity contribution in [3.63, 3.8) is 0 Å². The van der Waals surface area contributed by atoms with E-state index in [4.69, 9.17) is 5.73 Å². The molecule has 1 saturated carbocycles. The third-order valence-electron chi connectivity index (χ3n) is 5.04. The van der Waals surface area contributed by atoms with Crippen molar-refractivity contribution < 1.29 is 4.39 Å². The maximum absolute atomic E-state index is 13.5. The second-order valence-electron chi connectivity index (χ2n) is 6.75. The molecular weight excluding hydrogens is 331 g/mol. The van der Waals surface area contributed by atoms with Crippen LogP contribution in [0.5, 0.6) is 0 Å². The van der Waals surface area contributed by atoms with E-state index in [-0.39, 0.29) is 17.4 Å². The Morgan fingerprint density at radius 2 is 2.19 bits per heavy atom. The van der Waals surface area contributed by atoms with E-state index in [1.165, 1.54) is 18.9 Å². The summed E-state index contributed by atoms with van der Waals surface area (Å²) < 4.78 is 14.4. The minimum Gasteiger partial charge on any atom is -0.326 e. The quantitative estimate of drug-likeness (QED) is 0.884. The summed E-state index contributed by atoms with van der Waals surface area (Å²) in [5.41, 5.74) is 7.59. The van der Waals surface area contributed by atoms with Gasteiger partial charge in [-0.2, -0.15) is 0 Å². The Bertz CT molecular complexity index is 492. The van der Waals surface area contributed by atoms with Crippen LogP contribution in [-0.2, 0) is 6.42 Å². The lowest BCUT2D eigenvalue weighted by atomic mass is 9.70. The number of nitrogens with zero attached hydrogens (tertiary/aromatic N) is 1. The van der Waals surface area contributed by atoms with Crippen LogP contribution < -0.4 is 5.73 Å². The van der Waals surface area contributed by atoms with Crippen molar-refractivity contribution in [2.45, 2.75) is 50.6 Å². The van der Waals surface area contributed by atoms with E-state index in [2.05, 4.69) is 41.8 Å². The Labute approximate surface area is 136 Å². The van der Waals surface area contributed by atoms with Gasteiger partial charge in [-0.15, -0.1) is 0 Å². The van der Waals surface area contributed by atoms with Crippen molar-refractivity contribution in [2.24, 2.45) is 11.7 Å². The maximum atomic E-state index is 13.5. The van der Waals surface area contributed by atoms with Crippen molar-refractivity contribution in [3.05, 3.63) is 34.1 Å². The molecule has 2 nitrogen and oxygen atoms in total. The second-order valence-corrected chi connectivity index (χ2v) is 7.60. The molecule has 21 heavy (non-hydrogen) atoms. The van der Waals surface area contributed by atoms with Crippen molar-refractivity contribution in [2.75, 3.05) is 14.1 Å². The molecule has 0 heterocycles. The minimum absolute atomic E-state index is 0.00773. The normalized spacial score (nSPS) is 27.9. The average molecular weight is 357 g/mol. The van der Waals surface area contributed by atoms with Crippen molar-refractivity contribution in [1.82, 2.24) is 4.90 Å². The van der Waals surface area contributed by atoms with E-state index in [0.29, 0.717) is 12.3 Å². The lowest BCUT2D eigenvalue weighted by Gasteiger charge is -2.49. The van der Waals surface area contributed by atoms with Crippen LogP contribution in [0.1, 0.15) is 38.2 Å². The van der Waals surface area contributed by atoms with Gasteiger partial charge in [0.1, 0.15) is 5.82 Å². The lowest BCUT2D eigenvalue weighted by Crippen LogP contribution is -2.60. The van der Waals surface area contributed by atoms with E-state index in [1.54, 1.807) is 12.1 Å². The van der Waals surface area contributed by atoms with Crippen LogP contribution >= 0.6 is 15.9 Å². The number of halogens is 2. The van der Waals surface area contributed by atoms with Crippen molar-refractivity contribution in [3.8, 4) is 0 Å². The summed E-state index contributed by atoms with van der Waals surface area (Å²) in [6.45, 7) is 2.31. The van der Waals surface area contributed by atoms with Crippen LogP contribution in [0.25, 0.3) is 0 Å². The summed E-state index contributed by atoms with van der Waals surface area (Å²) >= 11 is 3.51. The summed E-state index contributed by atoms with van der Waals surface area (Å²) in [5.74, 6) is 0.500. The Balaban J connectivity index is 2.23. The number of nitrogens with two attached hydrogens (primary N) is 1. The summed E-state index contributed by atoms with van der Waals surface area (Å²) in [5, 5.41) is 0. The summed E-state index contributed by atoms with van der Waals surface area (Å²) in [6, 6.07) is 4.85. The monoisotopic (exact) mass is 356 g/mol. The van der Waals surface area contributed by atoms with Crippen molar-refractivity contribution in [1.29, 1.82) is 0 Å². The molecule has 1 aromatic rings. The molecule has 2 N–H and O–H groups in total. The molecule has 0 radical (unpaired) electrons. The van der Waals surface area contributed by atoms with Crippen LogP contribution in [0, 0.1) is 11.7 Å². The molecule has 0 spiro atoms. The highest BCUT2D eigenvalue weighted by molar-refractivity contribution is 9.10. The average Bonchev–Trinajstić information content (AvgIpc) is 2.42. The Hall–Kier alpha value is -0.450. The van der Waals surface area contributed by atoms with Crippen LogP contribution in [0.3, 0.4) is 0 Å². The second kappa shape index (κ2) is 6.76. The van der Waals surface area contributed by atoms with Gasteiger partial charge in [-0.05, 0) is 63.0 Å². The van der Waals surface area contributed by atoms with E-state index >= 15 is 0 Å². The van der Waals surface area contributed by atoms with Gasteiger partial charge in [0.2, 0.25) is 0 Å². The molecule has 3 unspecified atom stereocenters. The molecule has 0 amide bonds. The van der Waals surface area contributed by atoms with Crippen molar-refractivity contribution >= 4 is 15.9 Å². The molecular formula is C17H26BrFN2. The molecule has 2 rings (SSSR count). The molecule has 1 aliphatic rings. The van der Waals surface area contributed by atoms with Gasteiger partial charge in [-0.25, -0.2) is 4.39 Å². The van der Waals surface area contributed by atoms with E-state index in [0.717, 1.165) is 22.9 Å². The predicted octanol–water partition coefficient (Wildman–Crippen LogP) is 3.97. The summed E-state index contributed by atoms with van der Waals surface area (Å²) in [6.07, 6.45) is 5.44. The van der Waals surface area contributed by atoms with Gasteiger partial charge in [0.15, 0.2) is 0 Å². The fourth-order valence-electron chi connectivity index (χ4n) is 3.77. The van der Waals surface area contributed by atoms with Gasteiger partial charge >= 0.3 is 0 Å². The zero-order valence-electron chi connectivity index (χ0n) is 13.2. The van der Waals surface area contributed by atoms with Gasteiger partial charge in [0, 0.05) is 16.1 Å². The molecule has 0 aromatic heterocycles. The Morgan fingerprint density at radius 3 is 2.81 bits per heavy atom. The molecule has 1 fully saturated rings. The first-order valence-electron chi connectivity index (χ1n) is 7.72. The summed E-state index contributed by atoms with van der Waals surface area (Å²) in [4.78, 5) is 2.29. The van der Waals surface area contributed by atoms with Gasteiger partial charge in [0.25, 0.3) is 0 Å². The van der Waals surface area contributed by atoms with Gasteiger partial charge in [-0.1, -0.05) is 35.7 Å². The molecule has 0 saturated heterocycles. The Morgan fingerprint density at radius 1 is 1.48 bits per heavy atom. The number of hydrogen-bond donors (Lipinski definition) is 1. The smallest absolute Gasteiger partial charge is 0.123 e. The van der Waals surface area contributed by atoms with E-state index < -0.39 is 0 Å². The molecule has 0 aliphatic heterocycles. The Kier molecular flexibility index (Phi) is 5.44. The third kappa shape index (κ3) is 3.66. The molecule has 4 heteroatoms. The first-order chi connectivity index (χ1) is 9.85. The fourth-order valence-corrected chi connectivity index (χ4v) is 4.17. The maximum Gasteiger partial charge on any atom is 0.123 e. The number of hydrogen-bond acceptors (Lipinski definition) is 2. The first kappa shape index (κ1) is 16.9. The molecule has 0 bridgehead atoms. The zero-order chi connectivity index (χ0) is 15.6. The third-order valence-corrected chi connectivity index (χ3v) is 5.81. The largest absolute Gasteiger partial charge is 0.326 e. The van der Waals surface area contributed by atoms with Crippen LogP contribution in [0.2, 0.25) is 0 Å². The lowest BCUT2D eigenvalue weighted by molar-refractivity contribution is 0.0503.